The van der Waals surface area contributed by atoms with Crippen molar-refractivity contribution in [2.24, 2.45) is 0 Å². The smallest absolute Gasteiger partial charge is 0.253 e. The molecule has 0 aliphatic heterocycles. The quantitative estimate of drug-likeness (QED) is 0.674. The summed E-state index contributed by atoms with van der Waals surface area (Å²) in [5.41, 5.74) is 3.64. The van der Waals surface area contributed by atoms with Gasteiger partial charge in [-0.2, -0.15) is 0 Å². The van der Waals surface area contributed by atoms with E-state index in [9.17, 15) is 9.18 Å². The van der Waals surface area contributed by atoms with Gasteiger partial charge in [-0.25, -0.2) is 14.4 Å². The van der Waals surface area contributed by atoms with E-state index in [1.807, 2.05) is 38.1 Å². The molecule has 0 saturated heterocycles. The summed E-state index contributed by atoms with van der Waals surface area (Å²) in [4.78, 5) is 21.3. The van der Waals surface area contributed by atoms with E-state index < -0.39 is 5.82 Å². The van der Waals surface area contributed by atoms with Crippen LogP contribution in [0.5, 0.6) is 5.75 Å². The topological polar surface area (TPSA) is 64.1 Å². The van der Waals surface area contributed by atoms with Crippen molar-refractivity contribution in [1.82, 2.24) is 15.3 Å². The molecule has 0 fully saturated rings. The molecule has 0 unspecified atom stereocenters. The van der Waals surface area contributed by atoms with E-state index in [-0.39, 0.29) is 11.5 Å². The number of nitrogens with one attached hydrogen (secondary N) is 1. The summed E-state index contributed by atoms with van der Waals surface area (Å²) in [7, 11) is 1.63. The van der Waals surface area contributed by atoms with E-state index in [4.69, 9.17) is 4.74 Å². The first-order valence-electron chi connectivity index (χ1n) is 8.83. The number of benzene rings is 2. The molecule has 2 aromatic carbocycles. The van der Waals surface area contributed by atoms with Gasteiger partial charge in [0.05, 0.1) is 29.6 Å². The Morgan fingerprint density at radius 2 is 1.81 bits per heavy atom. The summed E-state index contributed by atoms with van der Waals surface area (Å²) in [6.45, 7) is 4.12. The van der Waals surface area contributed by atoms with Gasteiger partial charge >= 0.3 is 0 Å². The lowest BCUT2D eigenvalue weighted by molar-refractivity contribution is 0.0954. The number of hydrogen-bond acceptors (Lipinski definition) is 4. The Kier molecular flexibility index (Phi) is 5.64. The average Bonchev–Trinajstić information content (AvgIpc) is 2.66. The monoisotopic (exact) mass is 367 g/mol. The number of ether oxygens (including phenoxy) is 1. The van der Waals surface area contributed by atoms with Crippen LogP contribution in [0.3, 0.4) is 0 Å². The number of methoxy groups -OCH3 is 1. The van der Waals surface area contributed by atoms with Crippen molar-refractivity contribution < 1.29 is 13.9 Å². The summed E-state index contributed by atoms with van der Waals surface area (Å²) in [5.74, 6) is -0.0214. The first-order chi connectivity index (χ1) is 13.0. The van der Waals surface area contributed by atoms with Crippen LogP contribution in [0.15, 0.2) is 36.4 Å². The average molecular weight is 367 g/mol. The second-order valence-electron chi connectivity index (χ2n) is 6.42. The fourth-order valence-electron chi connectivity index (χ4n) is 2.85. The second kappa shape index (κ2) is 8.12. The minimum absolute atomic E-state index is 0.213. The van der Waals surface area contributed by atoms with Gasteiger partial charge in [0.25, 0.3) is 5.91 Å². The van der Waals surface area contributed by atoms with Crippen LogP contribution in [0.1, 0.15) is 33.7 Å². The molecule has 5 nitrogen and oxygen atoms in total. The lowest BCUT2D eigenvalue weighted by Gasteiger charge is -2.09. The number of nitrogens with zero attached hydrogens (tertiary/aromatic N) is 2. The molecule has 0 bridgehead atoms. The van der Waals surface area contributed by atoms with Crippen molar-refractivity contribution in [3.05, 3.63) is 64.7 Å². The number of rotatable bonds is 6. The summed E-state index contributed by atoms with van der Waals surface area (Å²) in [6.07, 6.45) is 1.60. The highest BCUT2D eigenvalue weighted by Gasteiger charge is 2.15. The zero-order valence-corrected chi connectivity index (χ0v) is 15.7. The molecule has 0 radical (unpaired) electrons. The summed E-state index contributed by atoms with van der Waals surface area (Å²) in [5, 5.41) is 2.85. The summed E-state index contributed by atoms with van der Waals surface area (Å²) in [6, 6.07) is 10.3. The number of amides is 1. The molecule has 0 saturated carbocycles. The number of carbonyl (C=O) groups is 1. The minimum Gasteiger partial charge on any atom is -0.497 e. The van der Waals surface area contributed by atoms with Crippen molar-refractivity contribution in [3.63, 3.8) is 0 Å². The SMILES string of the molecule is COc1ccc(CCCNC(=O)c2cc(F)cc3nc(C)c(C)nc23)cc1. The van der Waals surface area contributed by atoms with Crippen LogP contribution in [-0.4, -0.2) is 29.5 Å². The molecule has 3 aromatic rings. The normalized spacial score (nSPS) is 10.8. The van der Waals surface area contributed by atoms with Gasteiger partial charge in [-0.3, -0.25) is 4.79 Å². The highest BCUT2D eigenvalue weighted by Crippen LogP contribution is 2.19. The highest BCUT2D eigenvalue weighted by molar-refractivity contribution is 6.04. The van der Waals surface area contributed by atoms with Crippen molar-refractivity contribution >= 4 is 16.9 Å². The Balaban J connectivity index is 1.66. The first-order valence-corrected chi connectivity index (χ1v) is 8.83. The van der Waals surface area contributed by atoms with Gasteiger partial charge < -0.3 is 10.1 Å². The van der Waals surface area contributed by atoms with Crippen LogP contribution in [-0.2, 0) is 6.42 Å². The van der Waals surface area contributed by atoms with Crippen molar-refractivity contribution in [2.45, 2.75) is 26.7 Å². The molecule has 0 aliphatic carbocycles. The van der Waals surface area contributed by atoms with E-state index in [0.29, 0.717) is 17.6 Å². The molecule has 140 valence electrons. The predicted molar refractivity (Wildman–Crippen MR) is 103 cm³/mol. The number of hydrogen-bond donors (Lipinski definition) is 1. The Morgan fingerprint density at radius 1 is 1.11 bits per heavy atom. The molecule has 1 N–H and O–H groups in total. The van der Waals surface area contributed by atoms with Crippen LogP contribution < -0.4 is 10.1 Å². The van der Waals surface area contributed by atoms with Gasteiger partial charge in [0.15, 0.2) is 0 Å². The summed E-state index contributed by atoms with van der Waals surface area (Å²) < 4.78 is 19.0. The maximum absolute atomic E-state index is 13.9. The largest absolute Gasteiger partial charge is 0.497 e. The van der Waals surface area contributed by atoms with Gasteiger partial charge in [-0.05, 0) is 50.5 Å². The maximum Gasteiger partial charge on any atom is 0.253 e. The van der Waals surface area contributed by atoms with Crippen LogP contribution in [0.25, 0.3) is 11.0 Å². The van der Waals surface area contributed by atoms with Gasteiger partial charge in [-0.1, -0.05) is 12.1 Å². The summed E-state index contributed by atoms with van der Waals surface area (Å²) >= 11 is 0. The maximum atomic E-state index is 13.9. The van der Waals surface area contributed by atoms with E-state index in [2.05, 4.69) is 15.3 Å². The van der Waals surface area contributed by atoms with E-state index in [1.54, 1.807) is 7.11 Å². The molecule has 27 heavy (non-hydrogen) atoms. The third-order valence-electron chi connectivity index (χ3n) is 4.48. The molecule has 0 aliphatic rings. The van der Waals surface area contributed by atoms with Crippen LogP contribution >= 0.6 is 0 Å². The third-order valence-corrected chi connectivity index (χ3v) is 4.48. The van der Waals surface area contributed by atoms with Crippen molar-refractivity contribution in [1.29, 1.82) is 0 Å². The number of halogens is 1. The lowest BCUT2D eigenvalue weighted by Crippen LogP contribution is -2.25. The fraction of sp³-hybridized carbons (Fsp3) is 0.286. The van der Waals surface area contributed by atoms with Gasteiger partial charge in [0, 0.05) is 12.6 Å². The van der Waals surface area contributed by atoms with Crippen LogP contribution in [0.4, 0.5) is 4.39 Å². The molecular weight excluding hydrogens is 345 g/mol. The number of aryl methyl sites for hydroxylation is 3. The lowest BCUT2D eigenvalue weighted by atomic mass is 10.1. The third kappa shape index (κ3) is 4.39. The Morgan fingerprint density at radius 3 is 2.52 bits per heavy atom. The molecule has 1 aromatic heterocycles. The molecule has 0 spiro atoms. The van der Waals surface area contributed by atoms with Crippen molar-refractivity contribution in [3.8, 4) is 5.75 Å². The first kappa shape index (κ1) is 18.8. The zero-order valence-electron chi connectivity index (χ0n) is 15.7. The number of carbonyl (C=O) groups excluding carboxylic acids is 1. The standard InChI is InChI=1S/C21H22FN3O2/c1-13-14(2)25-20-18(11-16(22)12-19(20)24-13)21(26)23-10-4-5-15-6-8-17(27-3)9-7-15/h6-9,11-12H,4-5,10H2,1-3H3,(H,23,26). The molecule has 1 amide bonds. The van der Waals surface area contributed by atoms with E-state index in [1.165, 1.54) is 17.7 Å². The highest BCUT2D eigenvalue weighted by atomic mass is 19.1. The fourth-order valence-corrected chi connectivity index (χ4v) is 2.85. The van der Waals surface area contributed by atoms with Crippen LogP contribution in [0, 0.1) is 19.7 Å². The Bertz CT molecular complexity index is 971. The second-order valence-corrected chi connectivity index (χ2v) is 6.42. The van der Waals surface area contributed by atoms with Crippen molar-refractivity contribution in [2.75, 3.05) is 13.7 Å². The van der Waals surface area contributed by atoms with Gasteiger partial charge in [0.1, 0.15) is 17.1 Å². The predicted octanol–water partition coefficient (Wildman–Crippen LogP) is 3.76. The number of aromatic nitrogens is 2. The van der Waals surface area contributed by atoms with E-state index in [0.717, 1.165) is 30.0 Å². The van der Waals surface area contributed by atoms with E-state index >= 15 is 0 Å². The molecule has 3 rings (SSSR count). The van der Waals surface area contributed by atoms with Gasteiger partial charge in [-0.15, -0.1) is 0 Å². The number of fused-ring (bicyclic) bond motifs is 1. The van der Waals surface area contributed by atoms with Gasteiger partial charge in [0.2, 0.25) is 0 Å². The molecule has 1 heterocycles. The zero-order chi connectivity index (χ0) is 19.4. The molecular formula is C21H22FN3O2. The Hall–Kier alpha value is -3.02. The molecule has 0 atom stereocenters. The van der Waals surface area contributed by atoms with Crippen LogP contribution in [0.2, 0.25) is 0 Å². The molecule has 6 heteroatoms. The Labute approximate surface area is 157 Å². The minimum atomic E-state index is -0.497.